The molecule has 0 radical (unpaired) electrons. The predicted molar refractivity (Wildman–Crippen MR) is 82.4 cm³/mol. The normalized spacial score (nSPS) is 10.7. The zero-order chi connectivity index (χ0) is 16.0. The number of phenols is 1. The van der Waals surface area contributed by atoms with Gasteiger partial charge >= 0.3 is 0 Å². The van der Waals surface area contributed by atoms with Crippen LogP contribution in [0, 0.1) is 0 Å². The van der Waals surface area contributed by atoms with Gasteiger partial charge < -0.3 is 20.6 Å². The predicted octanol–water partition coefficient (Wildman–Crippen LogP) is 1.19. The van der Waals surface area contributed by atoms with E-state index in [1.54, 1.807) is 11.0 Å². The van der Waals surface area contributed by atoms with E-state index in [1.165, 1.54) is 19.1 Å². The van der Waals surface area contributed by atoms with Crippen molar-refractivity contribution in [1.82, 2.24) is 4.90 Å². The Bertz CT molecular complexity index is 513. The van der Waals surface area contributed by atoms with Crippen LogP contribution in [-0.2, 0) is 4.79 Å². The average Bonchev–Trinajstić information content (AvgIpc) is 2.42. The summed E-state index contributed by atoms with van der Waals surface area (Å²) in [6.07, 6.45) is 0. The molecule has 1 aromatic carbocycles. The fourth-order valence-corrected chi connectivity index (χ4v) is 2.15. The third-order valence-electron chi connectivity index (χ3n) is 3.47. The van der Waals surface area contributed by atoms with Crippen molar-refractivity contribution in [3.8, 4) is 5.75 Å². The van der Waals surface area contributed by atoms with Crippen LogP contribution in [0.5, 0.6) is 5.75 Å². The van der Waals surface area contributed by atoms with Crippen molar-refractivity contribution in [3.05, 3.63) is 23.8 Å². The van der Waals surface area contributed by atoms with Gasteiger partial charge in [0, 0.05) is 31.8 Å². The summed E-state index contributed by atoms with van der Waals surface area (Å²) in [6.45, 7) is 8.69. The minimum absolute atomic E-state index is 0.0472. The standard InChI is InChI=1S/C15H23N3O3/c1-4-17(5-2)8-9-18(11(3)19)12-6-7-13(15(16)21)14(20)10-12/h6-7,10,20H,4-5,8-9H2,1-3H3,(H2,16,21). The van der Waals surface area contributed by atoms with E-state index >= 15 is 0 Å². The molecular formula is C15H23N3O3. The van der Waals surface area contributed by atoms with Crippen LogP contribution in [0.15, 0.2) is 18.2 Å². The number of anilines is 1. The van der Waals surface area contributed by atoms with Gasteiger partial charge in [-0.25, -0.2) is 0 Å². The van der Waals surface area contributed by atoms with Gasteiger partial charge in [0.1, 0.15) is 5.75 Å². The van der Waals surface area contributed by atoms with Crippen LogP contribution in [0.3, 0.4) is 0 Å². The molecule has 0 fully saturated rings. The zero-order valence-corrected chi connectivity index (χ0v) is 12.8. The number of carbonyl (C=O) groups is 2. The van der Waals surface area contributed by atoms with E-state index in [0.717, 1.165) is 19.6 Å². The molecule has 0 saturated heterocycles. The molecule has 0 aliphatic heterocycles. The van der Waals surface area contributed by atoms with E-state index < -0.39 is 5.91 Å². The second kappa shape index (κ2) is 7.64. The Kier molecular flexibility index (Phi) is 6.17. The second-order valence-electron chi connectivity index (χ2n) is 4.76. The van der Waals surface area contributed by atoms with Crippen LogP contribution in [0.2, 0.25) is 0 Å². The van der Waals surface area contributed by atoms with E-state index in [0.29, 0.717) is 12.2 Å². The van der Waals surface area contributed by atoms with Gasteiger partial charge in [0.05, 0.1) is 5.56 Å². The number of nitrogens with zero attached hydrogens (tertiary/aromatic N) is 2. The van der Waals surface area contributed by atoms with Gasteiger partial charge in [-0.05, 0) is 25.2 Å². The quantitative estimate of drug-likeness (QED) is 0.790. The van der Waals surface area contributed by atoms with Crippen molar-refractivity contribution in [2.24, 2.45) is 5.73 Å². The first kappa shape index (κ1) is 17.0. The molecule has 6 nitrogen and oxygen atoms in total. The lowest BCUT2D eigenvalue weighted by Crippen LogP contribution is -2.37. The average molecular weight is 293 g/mol. The number of hydrogen-bond donors (Lipinski definition) is 2. The molecule has 0 heterocycles. The molecule has 1 aromatic rings. The fraction of sp³-hybridized carbons (Fsp3) is 0.467. The van der Waals surface area contributed by atoms with Gasteiger partial charge in [0.15, 0.2) is 0 Å². The number of aromatic hydroxyl groups is 1. The number of primary amides is 1. The number of rotatable bonds is 7. The Morgan fingerprint density at radius 1 is 1.19 bits per heavy atom. The van der Waals surface area contributed by atoms with Crippen LogP contribution in [0.1, 0.15) is 31.1 Å². The molecule has 0 spiro atoms. The molecule has 1 rings (SSSR count). The smallest absolute Gasteiger partial charge is 0.252 e. The molecule has 21 heavy (non-hydrogen) atoms. The Labute approximate surface area is 125 Å². The SMILES string of the molecule is CCN(CC)CCN(C(C)=O)c1ccc(C(N)=O)c(O)c1. The Balaban J connectivity index is 2.93. The molecule has 0 bridgehead atoms. The van der Waals surface area contributed by atoms with Crippen LogP contribution in [0.25, 0.3) is 0 Å². The minimum Gasteiger partial charge on any atom is -0.507 e. The molecule has 0 saturated carbocycles. The highest BCUT2D eigenvalue weighted by Crippen LogP contribution is 2.24. The molecule has 0 atom stereocenters. The number of likely N-dealkylation sites (N-methyl/N-ethyl adjacent to an activating group) is 1. The summed E-state index contributed by atoms with van der Waals surface area (Å²) >= 11 is 0. The van der Waals surface area contributed by atoms with E-state index in [9.17, 15) is 14.7 Å². The fourth-order valence-electron chi connectivity index (χ4n) is 2.15. The monoisotopic (exact) mass is 293 g/mol. The van der Waals surface area contributed by atoms with E-state index in [-0.39, 0.29) is 17.2 Å². The number of amides is 2. The molecule has 0 aliphatic carbocycles. The summed E-state index contributed by atoms with van der Waals surface area (Å²) in [5, 5.41) is 9.81. The summed E-state index contributed by atoms with van der Waals surface area (Å²) in [6, 6.07) is 4.44. The van der Waals surface area contributed by atoms with Crippen LogP contribution in [-0.4, -0.2) is 48.0 Å². The maximum atomic E-state index is 11.8. The summed E-state index contributed by atoms with van der Waals surface area (Å²) in [4.78, 5) is 26.7. The maximum absolute atomic E-state index is 11.8. The summed E-state index contributed by atoms with van der Waals surface area (Å²) in [5.74, 6) is -1.03. The molecule has 116 valence electrons. The molecule has 0 aliphatic rings. The van der Waals surface area contributed by atoms with Crippen molar-refractivity contribution < 1.29 is 14.7 Å². The highest BCUT2D eigenvalue weighted by molar-refractivity contribution is 5.97. The van der Waals surface area contributed by atoms with E-state index in [4.69, 9.17) is 5.73 Å². The number of nitrogens with two attached hydrogens (primary N) is 1. The maximum Gasteiger partial charge on any atom is 0.252 e. The largest absolute Gasteiger partial charge is 0.507 e. The van der Waals surface area contributed by atoms with Gasteiger partial charge in [0.25, 0.3) is 5.91 Å². The minimum atomic E-state index is -0.698. The number of benzene rings is 1. The van der Waals surface area contributed by atoms with Crippen molar-refractivity contribution in [3.63, 3.8) is 0 Å². The van der Waals surface area contributed by atoms with Crippen LogP contribution in [0.4, 0.5) is 5.69 Å². The van der Waals surface area contributed by atoms with Crippen molar-refractivity contribution in [2.45, 2.75) is 20.8 Å². The van der Waals surface area contributed by atoms with Gasteiger partial charge in [-0.1, -0.05) is 13.8 Å². The molecule has 2 amide bonds. The Morgan fingerprint density at radius 3 is 2.24 bits per heavy atom. The molecular weight excluding hydrogens is 270 g/mol. The van der Waals surface area contributed by atoms with Gasteiger partial charge in [-0.2, -0.15) is 0 Å². The lowest BCUT2D eigenvalue weighted by Gasteiger charge is -2.26. The molecule has 0 aromatic heterocycles. The van der Waals surface area contributed by atoms with Crippen LogP contribution < -0.4 is 10.6 Å². The lowest BCUT2D eigenvalue weighted by molar-refractivity contribution is -0.116. The van der Waals surface area contributed by atoms with Gasteiger partial charge in [0.2, 0.25) is 5.91 Å². The lowest BCUT2D eigenvalue weighted by atomic mass is 10.1. The Morgan fingerprint density at radius 2 is 1.81 bits per heavy atom. The third kappa shape index (κ3) is 4.46. The van der Waals surface area contributed by atoms with Crippen molar-refractivity contribution >= 4 is 17.5 Å². The molecule has 3 N–H and O–H groups in total. The van der Waals surface area contributed by atoms with Crippen molar-refractivity contribution in [1.29, 1.82) is 0 Å². The van der Waals surface area contributed by atoms with E-state index in [1.807, 2.05) is 0 Å². The van der Waals surface area contributed by atoms with Gasteiger partial charge in [-0.3, -0.25) is 9.59 Å². The highest BCUT2D eigenvalue weighted by atomic mass is 16.3. The topological polar surface area (TPSA) is 86.9 Å². The van der Waals surface area contributed by atoms with Crippen LogP contribution >= 0.6 is 0 Å². The zero-order valence-electron chi connectivity index (χ0n) is 12.8. The third-order valence-corrected chi connectivity index (χ3v) is 3.47. The Hall–Kier alpha value is -2.08. The number of hydrogen-bond acceptors (Lipinski definition) is 4. The number of carbonyl (C=O) groups excluding carboxylic acids is 2. The molecule has 0 unspecified atom stereocenters. The first-order valence-electron chi connectivity index (χ1n) is 7.03. The highest BCUT2D eigenvalue weighted by Gasteiger charge is 2.15. The summed E-state index contributed by atoms with van der Waals surface area (Å²) < 4.78 is 0. The summed E-state index contributed by atoms with van der Waals surface area (Å²) in [5.41, 5.74) is 5.75. The summed E-state index contributed by atoms with van der Waals surface area (Å²) in [7, 11) is 0. The first-order valence-corrected chi connectivity index (χ1v) is 7.03. The van der Waals surface area contributed by atoms with E-state index in [2.05, 4.69) is 18.7 Å². The van der Waals surface area contributed by atoms with Crippen molar-refractivity contribution in [2.75, 3.05) is 31.1 Å². The second-order valence-corrected chi connectivity index (χ2v) is 4.76. The first-order chi connectivity index (χ1) is 9.90. The molecule has 6 heteroatoms. The van der Waals surface area contributed by atoms with Gasteiger partial charge in [-0.15, -0.1) is 0 Å².